The monoisotopic (exact) mass is 879 g/mol. The number of hydrogen-bond acceptors (Lipinski definition) is 3. The topological polar surface area (TPSA) is 38.7 Å². The molecule has 13 rings (SSSR count). The van der Waals surface area contributed by atoms with Crippen molar-refractivity contribution in [3.05, 3.63) is 252 Å². The van der Waals surface area contributed by atoms with Crippen LogP contribution in [-0.4, -0.2) is 15.0 Å². The van der Waals surface area contributed by atoms with Crippen LogP contribution in [0.3, 0.4) is 0 Å². The molecule has 2 aliphatic carbocycles. The van der Waals surface area contributed by atoms with E-state index in [4.69, 9.17) is 15.0 Å². The minimum atomic E-state index is -0.261. The van der Waals surface area contributed by atoms with Crippen LogP contribution in [0, 0.1) is 5.41 Å². The molecule has 3 nitrogen and oxygen atoms in total. The van der Waals surface area contributed by atoms with Crippen LogP contribution in [0.2, 0.25) is 0 Å². The van der Waals surface area contributed by atoms with Crippen molar-refractivity contribution in [2.24, 2.45) is 5.41 Å². The second kappa shape index (κ2) is 16.2. The van der Waals surface area contributed by atoms with E-state index in [0.717, 1.165) is 66.8 Å². The minimum absolute atomic E-state index is 0.261. The first-order chi connectivity index (χ1) is 33.9. The largest absolute Gasteiger partial charge is 0.208 e. The van der Waals surface area contributed by atoms with Crippen LogP contribution in [0.4, 0.5) is 0 Å². The smallest absolute Gasteiger partial charge is 0.164 e. The van der Waals surface area contributed by atoms with E-state index in [9.17, 15) is 0 Å². The van der Waals surface area contributed by atoms with E-state index in [0.29, 0.717) is 17.5 Å². The van der Waals surface area contributed by atoms with Gasteiger partial charge in [-0.1, -0.05) is 196 Å². The first-order valence-electron chi connectivity index (χ1n) is 23.7. The molecule has 11 aromatic rings. The Morgan fingerprint density at radius 3 is 1.07 bits per heavy atom. The molecule has 0 amide bonds. The molecule has 0 N–H and O–H groups in total. The van der Waals surface area contributed by atoms with Gasteiger partial charge in [0.05, 0.1) is 0 Å². The molecule has 0 spiro atoms. The molecule has 0 fully saturated rings. The zero-order valence-corrected chi connectivity index (χ0v) is 38.4. The summed E-state index contributed by atoms with van der Waals surface area (Å²) in [5.74, 6) is 1.86. The number of fused-ring (bicyclic) bond motifs is 8. The molecule has 2 aliphatic rings. The first-order valence-corrected chi connectivity index (χ1v) is 23.7. The maximum atomic E-state index is 5.53. The van der Waals surface area contributed by atoms with Gasteiger partial charge in [0.1, 0.15) is 0 Å². The average Bonchev–Trinajstić information content (AvgIpc) is 3.81. The number of hydrogen-bond donors (Lipinski definition) is 0. The molecule has 0 aliphatic heterocycles. The molecule has 1 aromatic heterocycles. The van der Waals surface area contributed by atoms with Gasteiger partial charge in [-0.15, -0.1) is 0 Å². The van der Waals surface area contributed by atoms with Crippen molar-refractivity contribution in [2.45, 2.75) is 13.8 Å². The predicted molar refractivity (Wildman–Crippen MR) is 288 cm³/mol. The zero-order chi connectivity index (χ0) is 46.1. The maximum absolute atomic E-state index is 5.53. The Kier molecular flexibility index (Phi) is 9.52. The molecule has 10 aromatic carbocycles. The Morgan fingerprint density at radius 1 is 0.304 bits per heavy atom. The number of rotatable bonds is 7. The van der Waals surface area contributed by atoms with Crippen LogP contribution in [0.25, 0.3) is 117 Å². The average molecular weight is 880 g/mol. The molecule has 0 radical (unpaired) electrons. The highest BCUT2D eigenvalue weighted by Crippen LogP contribution is 2.45. The second-order valence-corrected chi connectivity index (χ2v) is 18.8. The van der Waals surface area contributed by atoms with Crippen LogP contribution in [0.1, 0.15) is 19.7 Å². The summed E-state index contributed by atoms with van der Waals surface area (Å²) in [5, 5.41) is 10.1. The van der Waals surface area contributed by atoms with Crippen LogP contribution < -0.4 is 10.4 Å². The van der Waals surface area contributed by atoms with E-state index in [1.807, 2.05) is 0 Å². The van der Waals surface area contributed by atoms with Gasteiger partial charge >= 0.3 is 0 Å². The maximum Gasteiger partial charge on any atom is 0.164 e. The first kappa shape index (κ1) is 40.5. The molecule has 324 valence electrons. The third kappa shape index (κ3) is 7.10. The van der Waals surface area contributed by atoms with Gasteiger partial charge in [-0.2, -0.15) is 0 Å². The molecule has 0 unspecified atom stereocenters. The number of aromatic nitrogens is 3. The lowest BCUT2D eigenvalue weighted by atomic mass is 9.75. The molecule has 69 heavy (non-hydrogen) atoms. The van der Waals surface area contributed by atoms with Gasteiger partial charge in [0.25, 0.3) is 0 Å². The Bertz CT molecular complexity index is 3800. The van der Waals surface area contributed by atoms with Gasteiger partial charge in [0.2, 0.25) is 0 Å². The van der Waals surface area contributed by atoms with Gasteiger partial charge < -0.3 is 0 Å². The SMILES string of the molecule is CC1(C)C=CC(c2nc(-c3cc(-c4ccccc4)cc(-c4ccccc4)c3)nc(-c3cc(-c4ccccc4)cc(-c4ccccc4)c3)n2)=C2C=c3cc4c5ccccc5c5ccccc5c4cc3=C21. The third-order valence-corrected chi connectivity index (χ3v) is 14.0. The van der Waals surface area contributed by atoms with Gasteiger partial charge in [0.15, 0.2) is 17.5 Å². The van der Waals surface area contributed by atoms with Crippen molar-refractivity contribution in [3.63, 3.8) is 0 Å². The van der Waals surface area contributed by atoms with Crippen molar-refractivity contribution < 1.29 is 0 Å². The summed E-state index contributed by atoms with van der Waals surface area (Å²) in [7, 11) is 0. The highest BCUT2D eigenvalue weighted by Gasteiger charge is 2.33. The Morgan fingerprint density at radius 2 is 0.652 bits per heavy atom. The van der Waals surface area contributed by atoms with Crippen molar-refractivity contribution in [3.8, 4) is 67.3 Å². The normalized spacial score (nSPS) is 13.7. The van der Waals surface area contributed by atoms with Crippen molar-refractivity contribution >= 4 is 49.5 Å². The molecule has 0 bridgehead atoms. The van der Waals surface area contributed by atoms with Crippen LogP contribution >= 0.6 is 0 Å². The molecule has 0 atom stereocenters. The molecular weight excluding hydrogens is 835 g/mol. The summed E-state index contributed by atoms with van der Waals surface area (Å²) in [5.41, 5.74) is 13.9. The Balaban J connectivity index is 1.09. The number of allylic oxidation sites excluding steroid dienone is 4. The molecule has 0 saturated heterocycles. The fourth-order valence-corrected chi connectivity index (χ4v) is 10.7. The predicted octanol–water partition coefficient (Wildman–Crippen LogP) is 15.3. The number of benzene rings is 10. The van der Waals surface area contributed by atoms with Crippen molar-refractivity contribution in [1.29, 1.82) is 0 Å². The highest BCUT2D eigenvalue weighted by atomic mass is 15.0. The summed E-state index contributed by atoms with van der Waals surface area (Å²) >= 11 is 0. The zero-order valence-electron chi connectivity index (χ0n) is 38.4. The van der Waals surface area contributed by atoms with E-state index < -0.39 is 0 Å². The van der Waals surface area contributed by atoms with Crippen molar-refractivity contribution in [1.82, 2.24) is 15.0 Å². The lowest BCUT2D eigenvalue weighted by Gasteiger charge is -2.29. The lowest BCUT2D eigenvalue weighted by Crippen LogP contribution is -2.28. The molecule has 3 heteroatoms. The van der Waals surface area contributed by atoms with E-state index in [2.05, 4.69) is 250 Å². The molecule has 0 saturated carbocycles. The van der Waals surface area contributed by atoms with E-state index in [-0.39, 0.29) is 5.41 Å². The second-order valence-electron chi connectivity index (χ2n) is 18.8. The summed E-state index contributed by atoms with van der Waals surface area (Å²) in [6.45, 7) is 4.65. The summed E-state index contributed by atoms with van der Waals surface area (Å²) in [6, 6.07) is 78.3. The summed E-state index contributed by atoms with van der Waals surface area (Å²) < 4.78 is 0. The highest BCUT2D eigenvalue weighted by molar-refractivity contribution is 6.25. The molecular formula is C66H45N3. The summed E-state index contributed by atoms with van der Waals surface area (Å²) in [4.78, 5) is 16.5. The minimum Gasteiger partial charge on any atom is -0.208 e. The van der Waals surface area contributed by atoms with E-state index in [1.54, 1.807) is 0 Å². The van der Waals surface area contributed by atoms with Crippen LogP contribution in [-0.2, 0) is 0 Å². The fourth-order valence-electron chi connectivity index (χ4n) is 10.7. The van der Waals surface area contributed by atoms with Gasteiger partial charge in [-0.3, -0.25) is 0 Å². The molecule has 1 heterocycles. The van der Waals surface area contributed by atoms with Crippen LogP contribution in [0.15, 0.2) is 236 Å². The third-order valence-electron chi connectivity index (χ3n) is 14.0. The summed E-state index contributed by atoms with van der Waals surface area (Å²) in [6.07, 6.45) is 6.97. The Hall–Kier alpha value is -8.79. The van der Waals surface area contributed by atoms with Crippen molar-refractivity contribution in [2.75, 3.05) is 0 Å². The van der Waals surface area contributed by atoms with Crippen LogP contribution in [0.5, 0.6) is 0 Å². The van der Waals surface area contributed by atoms with E-state index in [1.165, 1.54) is 48.3 Å². The van der Waals surface area contributed by atoms with E-state index >= 15 is 0 Å². The lowest BCUT2D eigenvalue weighted by molar-refractivity contribution is 0.645. The standard InChI is InChI=1S/C66H45N3/c1-66(2)32-31-57(61-40-50-39-59-55-29-17-15-27-53(55)54-28-16-18-30-56(54)60(59)41-58(50)62(61)66)65-68-63(51-35-46(42-19-7-3-8-20-42)33-47(36-51)43-21-9-4-10-22-43)67-64(69-65)52-37-48(44-23-11-5-12-24-44)34-49(38-52)45-25-13-6-14-26-45/h3-41H,1-2H3. The number of nitrogens with zero attached hydrogens (tertiary/aromatic N) is 3. The van der Waals surface area contributed by atoms with Gasteiger partial charge in [-0.25, -0.2) is 15.0 Å². The van der Waals surface area contributed by atoms with Gasteiger partial charge in [0, 0.05) is 22.1 Å². The van der Waals surface area contributed by atoms with Gasteiger partial charge in [-0.05, 0) is 153 Å². The quantitative estimate of drug-likeness (QED) is 0.150. The fraction of sp³-hybridized carbons (Fsp3) is 0.0455. The Labute approximate surface area is 401 Å².